The lowest BCUT2D eigenvalue weighted by molar-refractivity contribution is -0.299. The smallest absolute Gasteiger partial charge is 0.415 e. The van der Waals surface area contributed by atoms with Crippen molar-refractivity contribution < 1.29 is 77.2 Å². The maximum absolute atomic E-state index is 13.3. The summed E-state index contributed by atoms with van der Waals surface area (Å²) in [4.78, 5) is 92.5. The molecule has 0 spiro atoms. The van der Waals surface area contributed by atoms with Crippen LogP contribution in [0.4, 0.5) is 14.4 Å². The van der Waals surface area contributed by atoms with Crippen LogP contribution in [-0.2, 0) is 62.8 Å². The number of carbonyl (C=O) groups excluding carboxylic acids is 4. The fourth-order valence-electron chi connectivity index (χ4n) is 4.57. The number of thioether (sulfide) groups is 1. The van der Waals surface area contributed by atoms with Crippen LogP contribution in [0.3, 0.4) is 0 Å². The Kier molecular flexibility index (Phi) is 31.3. The van der Waals surface area contributed by atoms with Gasteiger partial charge in [0.1, 0.15) is 58.6 Å². The van der Waals surface area contributed by atoms with Crippen LogP contribution in [0.5, 0.6) is 0 Å². The van der Waals surface area contributed by atoms with Gasteiger partial charge in [-0.3, -0.25) is 4.79 Å². The fraction of sp³-hybridized carbons (Fsp3) is 0.571. The van der Waals surface area contributed by atoms with E-state index in [1.54, 1.807) is 39.8 Å². The number of alkyl carbamates (subject to hydrolysis) is 3. The minimum absolute atomic E-state index is 0.0254. The molecule has 5 atom stereocenters. The Bertz CT molecular complexity index is 1400. The highest BCUT2D eigenvalue weighted by Gasteiger charge is 2.32. The van der Waals surface area contributed by atoms with E-state index in [1.165, 1.54) is 30.0 Å². The molecule has 0 aliphatic heterocycles. The van der Waals surface area contributed by atoms with E-state index in [1.807, 2.05) is 0 Å². The average molecular weight is 902 g/mol. The van der Waals surface area contributed by atoms with Gasteiger partial charge < -0.3 is 39.8 Å². The van der Waals surface area contributed by atoms with Crippen LogP contribution in [0.25, 0.3) is 0 Å². The molecule has 0 aliphatic rings. The summed E-state index contributed by atoms with van der Waals surface area (Å²) in [6.07, 6.45) is 7.40. The quantitative estimate of drug-likeness (QED) is 0.0108. The summed E-state index contributed by atoms with van der Waals surface area (Å²) in [6, 6.07) is 0. The molecule has 3 N–H and O–H groups in total. The van der Waals surface area contributed by atoms with Crippen LogP contribution in [-0.4, -0.2) is 111 Å². The van der Waals surface area contributed by atoms with Crippen LogP contribution in [0.15, 0.2) is 88.6 Å². The summed E-state index contributed by atoms with van der Waals surface area (Å²) < 4.78 is 21.5. The van der Waals surface area contributed by atoms with E-state index < -0.39 is 65.4 Å². The summed E-state index contributed by atoms with van der Waals surface area (Å²) >= 11 is 1.20. The van der Waals surface area contributed by atoms with Crippen molar-refractivity contribution in [3.8, 4) is 0 Å². The summed E-state index contributed by atoms with van der Waals surface area (Å²) in [5.41, 5.74) is -2.95. The molecule has 3 amide bonds. The summed E-state index contributed by atoms with van der Waals surface area (Å²) in [5.74, 6) is -1.87. The van der Waals surface area contributed by atoms with E-state index in [0.717, 1.165) is 6.26 Å². The molecule has 5 unspecified atom stereocenters. The predicted octanol–water partition coefficient (Wildman–Crippen LogP) is 7.01. The van der Waals surface area contributed by atoms with Crippen molar-refractivity contribution in [3.63, 3.8) is 0 Å². The second kappa shape index (κ2) is 33.9. The van der Waals surface area contributed by atoms with Gasteiger partial charge in [-0.05, 0) is 53.0 Å². The third-order valence-corrected chi connectivity index (χ3v) is 9.34. The largest absolute Gasteiger partial charge is 0.446 e. The van der Waals surface area contributed by atoms with Gasteiger partial charge in [0.05, 0.1) is 29.1 Å². The lowest BCUT2D eigenvalue weighted by Crippen LogP contribution is -2.52. The molecule has 0 aromatic rings. The fourth-order valence-corrected chi connectivity index (χ4v) is 5.62. The second-order valence-corrected chi connectivity index (χ2v) is 15.4. The van der Waals surface area contributed by atoms with Gasteiger partial charge in [-0.2, -0.15) is 16.6 Å². The van der Waals surface area contributed by atoms with E-state index >= 15 is 0 Å². The summed E-state index contributed by atoms with van der Waals surface area (Å²) in [5, 5.41) is 8.18. The Morgan fingerprint density at radius 1 is 0.613 bits per heavy atom. The zero-order valence-corrected chi connectivity index (χ0v) is 37.4. The highest BCUT2D eigenvalue weighted by Crippen LogP contribution is 2.19. The summed E-state index contributed by atoms with van der Waals surface area (Å²) in [6.45, 7) is 31.6. The van der Waals surface area contributed by atoms with Crippen molar-refractivity contribution in [2.45, 2.75) is 82.5 Å². The molecule has 0 fully saturated rings. The first-order valence-corrected chi connectivity index (χ1v) is 20.8. The Morgan fingerprint density at radius 2 is 1.10 bits per heavy atom. The molecule has 0 radical (unpaired) electrons. The van der Waals surface area contributed by atoms with Gasteiger partial charge in [-0.25, -0.2) is 43.7 Å². The number of nitrogens with one attached hydrogen (secondary N) is 3. The molecule has 0 aliphatic carbocycles. The Balaban J connectivity index is 5.74. The second-order valence-electron chi connectivity index (χ2n) is 14.3. The molecule has 62 heavy (non-hydrogen) atoms. The van der Waals surface area contributed by atoms with Crippen LogP contribution >= 0.6 is 11.8 Å². The van der Waals surface area contributed by atoms with Crippen LogP contribution in [0.2, 0.25) is 0 Å². The topological polar surface area (TPSA) is 215 Å². The van der Waals surface area contributed by atoms with E-state index in [-0.39, 0.29) is 64.2 Å². The number of hydrogen-bond acceptors (Lipinski definition) is 17. The van der Waals surface area contributed by atoms with Gasteiger partial charge in [0.2, 0.25) is 0 Å². The molecule has 0 heterocycles. The molecule has 352 valence electrons. The standard InChI is InChI=1S/C42H67N3O16S/c1-12-18-20-40(9,30-56-52-23-14-3)44-38(48)60-34(8)59-36(46)33(7)28-62-29-35(61-39(49)45-41(10,21-19-13-2)31-57-53-24-15-4)27-50-37(47)43-42(11,22-26-55-51-17-6)32-58-54-25-16-5/h12-17,33,35H,1-6,8,18-32H2,7,9-11H3,(H,43,47)(H,44,48)(H,45,49). The molecule has 0 aromatic heterocycles. The first-order valence-electron chi connectivity index (χ1n) is 19.6. The zero-order valence-electron chi connectivity index (χ0n) is 36.6. The third-order valence-electron chi connectivity index (χ3n) is 7.99. The first-order chi connectivity index (χ1) is 29.5. The number of ether oxygens (including phenoxy) is 4. The predicted molar refractivity (Wildman–Crippen MR) is 231 cm³/mol. The molecule has 20 heteroatoms. The lowest BCUT2D eigenvalue weighted by Gasteiger charge is -2.31. The maximum Gasteiger partial charge on any atom is 0.415 e. The number of hydrogen-bond donors (Lipinski definition) is 3. The minimum atomic E-state index is -1.07. The normalized spacial score (nSPS) is 14.6. The SMILES string of the molecule is C=CCCC(C)(COOCC=C)NC(=O)OC(=C)OC(=O)C(C)CSCC(COC(=O)NC(C)(CCOOC=C)COOCC=C)OC(=O)NC(C)(CCC=C)COOCC=C. The van der Waals surface area contributed by atoms with Gasteiger partial charge in [-0.15, -0.1) is 32.9 Å². The summed E-state index contributed by atoms with van der Waals surface area (Å²) in [7, 11) is 0. The van der Waals surface area contributed by atoms with Crippen molar-refractivity contribution in [3.05, 3.63) is 88.6 Å². The zero-order chi connectivity index (χ0) is 46.7. The third kappa shape index (κ3) is 28.8. The van der Waals surface area contributed by atoms with Gasteiger partial charge in [-0.1, -0.05) is 43.9 Å². The Labute approximate surface area is 369 Å². The van der Waals surface area contributed by atoms with Crippen molar-refractivity contribution in [1.82, 2.24) is 16.0 Å². The average Bonchev–Trinajstić information content (AvgIpc) is 3.21. The number of esters is 1. The van der Waals surface area contributed by atoms with Crippen molar-refractivity contribution in [2.24, 2.45) is 5.92 Å². The number of allylic oxidation sites excluding steroid dienone is 2. The number of rotatable bonds is 39. The molecular formula is C42H67N3O16S. The highest BCUT2D eigenvalue weighted by molar-refractivity contribution is 7.99. The van der Waals surface area contributed by atoms with Crippen LogP contribution < -0.4 is 16.0 Å². The Hall–Kier alpha value is -4.67. The molecule has 0 bridgehead atoms. The van der Waals surface area contributed by atoms with Crippen LogP contribution in [0.1, 0.15) is 59.8 Å². The van der Waals surface area contributed by atoms with E-state index in [0.29, 0.717) is 25.7 Å². The first kappa shape index (κ1) is 57.3. The van der Waals surface area contributed by atoms with E-state index in [2.05, 4.69) is 62.0 Å². The lowest BCUT2D eigenvalue weighted by atomic mass is 9.97. The highest BCUT2D eigenvalue weighted by atomic mass is 32.2. The molecule has 0 saturated heterocycles. The minimum Gasteiger partial charge on any atom is -0.446 e. The van der Waals surface area contributed by atoms with Gasteiger partial charge in [0, 0.05) is 17.9 Å². The van der Waals surface area contributed by atoms with Gasteiger partial charge in [0.25, 0.3) is 5.95 Å². The molecular weight excluding hydrogens is 835 g/mol. The number of carbonyl (C=O) groups is 4. The molecule has 0 rings (SSSR count). The van der Waals surface area contributed by atoms with E-state index in [9.17, 15) is 19.2 Å². The van der Waals surface area contributed by atoms with Gasteiger partial charge in [0.15, 0.2) is 0 Å². The Morgan fingerprint density at radius 3 is 1.58 bits per heavy atom. The molecule has 19 nitrogen and oxygen atoms in total. The monoisotopic (exact) mass is 901 g/mol. The molecule has 0 aromatic carbocycles. The van der Waals surface area contributed by atoms with Crippen molar-refractivity contribution in [1.29, 1.82) is 0 Å². The molecule has 0 saturated carbocycles. The van der Waals surface area contributed by atoms with Crippen molar-refractivity contribution in [2.75, 3.05) is 64.4 Å². The van der Waals surface area contributed by atoms with Gasteiger partial charge >= 0.3 is 24.2 Å². The number of amides is 3. The maximum atomic E-state index is 13.3. The van der Waals surface area contributed by atoms with E-state index in [4.69, 9.17) is 58.0 Å². The van der Waals surface area contributed by atoms with Crippen molar-refractivity contribution >= 4 is 36.0 Å². The van der Waals surface area contributed by atoms with Crippen LogP contribution in [0, 0.1) is 5.92 Å².